The molecule has 0 bridgehead atoms. The van der Waals surface area contributed by atoms with Crippen LogP contribution in [0.1, 0.15) is 0 Å². The average molecular weight is 502 g/mol. The molecule has 148 valence electrons. The number of nitrogens with zero attached hydrogens (tertiary/aromatic N) is 5. The van der Waals surface area contributed by atoms with Crippen molar-refractivity contribution in [3.63, 3.8) is 0 Å². The van der Waals surface area contributed by atoms with E-state index in [1.807, 2.05) is 47.4 Å². The van der Waals surface area contributed by atoms with Gasteiger partial charge in [-0.1, -0.05) is 18.2 Å². The molecule has 0 amide bonds. The van der Waals surface area contributed by atoms with Crippen LogP contribution in [0.4, 0.5) is 28.7 Å². The van der Waals surface area contributed by atoms with Crippen LogP contribution in [0, 0.1) is 13.7 Å². The van der Waals surface area contributed by atoms with E-state index in [1.165, 1.54) is 6.33 Å². The summed E-state index contributed by atoms with van der Waals surface area (Å²) < 4.78 is 1.09. The van der Waals surface area contributed by atoms with Crippen LogP contribution < -0.4 is 15.1 Å². The smallest absolute Gasteiger partial charge is 0.353 e. The Bertz CT molecular complexity index is 992. The van der Waals surface area contributed by atoms with Crippen LogP contribution in [0.5, 0.6) is 0 Å². The summed E-state index contributed by atoms with van der Waals surface area (Å²) >= 11 is 2.21. The topological polar surface area (TPSA) is 87.4 Å². The van der Waals surface area contributed by atoms with Gasteiger partial charge in [0.15, 0.2) is 0 Å². The zero-order valence-electron chi connectivity index (χ0n) is 15.5. The molecule has 1 aliphatic heterocycles. The highest BCUT2D eigenvalue weighted by molar-refractivity contribution is 14.1. The van der Waals surface area contributed by atoms with E-state index in [2.05, 4.69) is 54.9 Å². The molecule has 8 nitrogen and oxygen atoms in total. The van der Waals surface area contributed by atoms with E-state index in [-0.39, 0.29) is 11.5 Å². The van der Waals surface area contributed by atoms with Gasteiger partial charge in [-0.25, -0.2) is 9.97 Å². The molecule has 9 heteroatoms. The van der Waals surface area contributed by atoms with Crippen molar-refractivity contribution in [2.24, 2.45) is 0 Å². The van der Waals surface area contributed by atoms with Gasteiger partial charge in [0.2, 0.25) is 11.6 Å². The number of piperazine rings is 1. The van der Waals surface area contributed by atoms with E-state index in [1.54, 1.807) is 0 Å². The number of halogens is 1. The van der Waals surface area contributed by atoms with Gasteiger partial charge in [0.05, 0.1) is 4.92 Å². The van der Waals surface area contributed by atoms with Crippen molar-refractivity contribution in [3.8, 4) is 0 Å². The van der Waals surface area contributed by atoms with Crippen molar-refractivity contribution in [3.05, 3.63) is 74.6 Å². The van der Waals surface area contributed by atoms with E-state index in [9.17, 15) is 10.1 Å². The molecule has 0 aliphatic carbocycles. The molecule has 2 heterocycles. The van der Waals surface area contributed by atoms with Crippen LogP contribution in [0.15, 0.2) is 60.9 Å². The quantitative estimate of drug-likeness (QED) is 0.320. The van der Waals surface area contributed by atoms with Crippen LogP contribution in [0.3, 0.4) is 0 Å². The van der Waals surface area contributed by atoms with Gasteiger partial charge in [0, 0.05) is 41.1 Å². The van der Waals surface area contributed by atoms with Crippen molar-refractivity contribution < 1.29 is 4.92 Å². The van der Waals surface area contributed by atoms with Crippen molar-refractivity contribution >= 4 is 51.3 Å². The number of nitrogens with one attached hydrogen (secondary N) is 1. The second-order valence-electron chi connectivity index (χ2n) is 6.59. The Hall–Kier alpha value is -2.95. The number of benzene rings is 2. The van der Waals surface area contributed by atoms with E-state index >= 15 is 0 Å². The van der Waals surface area contributed by atoms with E-state index in [0.717, 1.165) is 28.0 Å². The molecule has 1 aromatic heterocycles. The fourth-order valence-corrected chi connectivity index (χ4v) is 3.71. The van der Waals surface area contributed by atoms with Crippen molar-refractivity contribution in [2.45, 2.75) is 0 Å². The highest BCUT2D eigenvalue weighted by Crippen LogP contribution is 2.34. The lowest BCUT2D eigenvalue weighted by Crippen LogP contribution is -2.47. The van der Waals surface area contributed by atoms with Crippen LogP contribution in [-0.4, -0.2) is 41.1 Å². The van der Waals surface area contributed by atoms with E-state index in [4.69, 9.17) is 0 Å². The highest BCUT2D eigenvalue weighted by Gasteiger charge is 2.29. The Morgan fingerprint density at radius 3 is 2.24 bits per heavy atom. The Kier molecular flexibility index (Phi) is 5.74. The summed E-state index contributed by atoms with van der Waals surface area (Å²) in [5.41, 5.74) is 1.80. The second kappa shape index (κ2) is 8.60. The summed E-state index contributed by atoms with van der Waals surface area (Å²) in [6, 6.07) is 17.8. The zero-order chi connectivity index (χ0) is 20.2. The molecule has 0 unspecified atom stereocenters. The van der Waals surface area contributed by atoms with Crippen LogP contribution in [0.2, 0.25) is 0 Å². The standard InChI is InChI=1S/C20H19IN6O2/c21-15-6-8-16(9-7-15)24-19-18(27(28)29)20(23-14-22-19)26-12-10-25(11-13-26)17-4-2-1-3-5-17/h1-9,14H,10-13H2,(H,22,23,24). The normalized spacial score (nSPS) is 14.0. The van der Waals surface area contributed by atoms with E-state index in [0.29, 0.717) is 18.9 Å². The number of para-hydroxylation sites is 1. The minimum Gasteiger partial charge on any atom is -0.368 e. The molecule has 0 spiro atoms. The lowest BCUT2D eigenvalue weighted by Gasteiger charge is -2.36. The molecule has 3 aromatic rings. The van der Waals surface area contributed by atoms with Crippen molar-refractivity contribution in [1.82, 2.24) is 9.97 Å². The summed E-state index contributed by atoms with van der Waals surface area (Å²) in [6.45, 7) is 2.83. The van der Waals surface area contributed by atoms with Crippen LogP contribution in [0.25, 0.3) is 0 Å². The minimum atomic E-state index is -0.409. The third kappa shape index (κ3) is 4.39. The third-order valence-corrected chi connectivity index (χ3v) is 5.51. The summed E-state index contributed by atoms with van der Waals surface area (Å²) in [6.07, 6.45) is 1.38. The van der Waals surface area contributed by atoms with Crippen molar-refractivity contribution in [1.29, 1.82) is 0 Å². The Morgan fingerprint density at radius 1 is 0.931 bits per heavy atom. The number of aromatic nitrogens is 2. The molecule has 29 heavy (non-hydrogen) atoms. The van der Waals surface area contributed by atoms with Crippen LogP contribution in [-0.2, 0) is 0 Å². The number of nitro groups is 1. The molecule has 1 aliphatic rings. The second-order valence-corrected chi connectivity index (χ2v) is 7.84. The van der Waals surface area contributed by atoms with Gasteiger partial charge >= 0.3 is 5.69 Å². The highest BCUT2D eigenvalue weighted by atomic mass is 127. The predicted molar refractivity (Wildman–Crippen MR) is 122 cm³/mol. The molecule has 0 radical (unpaired) electrons. The molecular formula is C20H19IN6O2. The first-order valence-corrected chi connectivity index (χ1v) is 10.3. The van der Waals surface area contributed by atoms with Gasteiger partial charge in [0.25, 0.3) is 0 Å². The molecule has 2 aromatic carbocycles. The lowest BCUT2D eigenvalue weighted by molar-refractivity contribution is -0.383. The Morgan fingerprint density at radius 2 is 1.59 bits per heavy atom. The van der Waals surface area contributed by atoms with Gasteiger partial charge in [-0.05, 0) is 59.0 Å². The molecule has 0 atom stereocenters. The maximum Gasteiger partial charge on any atom is 0.353 e. The van der Waals surface area contributed by atoms with Gasteiger partial charge < -0.3 is 15.1 Å². The largest absolute Gasteiger partial charge is 0.368 e. The maximum atomic E-state index is 11.9. The predicted octanol–water partition coefficient (Wildman–Crippen LogP) is 4.06. The van der Waals surface area contributed by atoms with E-state index < -0.39 is 4.92 Å². The first-order chi connectivity index (χ1) is 14.1. The number of hydrogen-bond donors (Lipinski definition) is 1. The molecule has 1 saturated heterocycles. The summed E-state index contributed by atoms with van der Waals surface area (Å²) in [4.78, 5) is 24.1. The fourth-order valence-electron chi connectivity index (χ4n) is 3.35. The minimum absolute atomic E-state index is 0.0980. The maximum absolute atomic E-state index is 11.9. The SMILES string of the molecule is O=[N+]([O-])c1c(Nc2ccc(I)cc2)ncnc1N1CCN(c2ccccc2)CC1. The zero-order valence-corrected chi connectivity index (χ0v) is 17.7. The first-order valence-electron chi connectivity index (χ1n) is 9.19. The van der Waals surface area contributed by atoms with Gasteiger partial charge in [-0.2, -0.15) is 0 Å². The first kappa shape index (κ1) is 19.4. The summed E-state index contributed by atoms with van der Waals surface area (Å²) in [5, 5.41) is 14.9. The number of hydrogen-bond acceptors (Lipinski definition) is 7. The number of rotatable bonds is 5. The monoisotopic (exact) mass is 502 g/mol. The molecule has 4 rings (SSSR count). The third-order valence-electron chi connectivity index (χ3n) is 4.79. The molecule has 1 N–H and O–H groups in total. The molecule has 0 saturated carbocycles. The van der Waals surface area contributed by atoms with Gasteiger partial charge in [0.1, 0.15) is 6.33 Å². The summed E-state index contributed by atoms with van der Waals surface area (Å²) in [5.74, 6) is 0.553. The van der Waals surface area contributed by atoms with Crippen molar-refractivity contribution in [2.75, 3.05) is 41.3 Å². The molecular weight excluding hydrogens is 483 g/mol. The van der Waals surface area contributed by atoms with Crippen LogP contribution >= 0.6 is 22.6 Å². The Labute approximate surface area is 181 Å². The van der Waals surface area contributed by atoms with Gasteiger partial charge in [-0.3, -0.25) is 10.1 Å². The Balaban J connectivity index is 1.56. The average Bonchev–Trinajstić information content (AvgIpc) is 2.76. The molecule has 1 fully saturated rings. The van der Waals surface area contributed by atoms with Gasteiger partial charge in [-0.15, -0.1) is 0 Å². The lowest BCUT2D eigenvalue weighted by atomic mass is 10.2. The summed E-state index contributed by atoms with van der Waals surface area (Å²) in [7, 11) is 0. The fraction of sp³-hybridized carbons (Fsp3) is 0.200. The number of anilines is 4.